The van der Waals surface area contributed by atoms with E-state index in [0.717, 1.165) is 16.8 Å². The number of carbonyl (C=O) groups is 1. The second-order valence-electron chi connectivity index (χ2n) is 6.65. The van der Waals surface area contributed by atoms with Gasteiger partial charge in [0.25, 0.3) is 5.91 Å². The molecule has 5 nitrogen and oxygen atoms in total. The predicted octanol–water partition coefficient (Wildman–Crippen LogP) is 5.21. The van der Waals surface area contributed by atoms with Crippen LogP contribution in [0.4, 0.5) is 5.82 Å². The third-order valence-electron chi connectivity index (χ3n) is 4.60. The molecule has 0 saturated heterocycles. The van der Waals surface area contributed by atoms with Gasteiger partial charge in [-0.05, 0) is 36.8 Å². The molecule has 29 heavy (non-hydrogen) atoms. The lowest BCUT2D eigenvalue weighted by Crippen LogP contribution is -2.17. The van der Waals surface area contributed by atoms with Crippen LogP contribution in [0.1, 0.15) is 21.6 Å². The number of hydrogen-bond acceptors (Lipinski definition) is 3. The summed E-state index contributed by atoms with van der Waals surface area (Å²) < 4.78 is 1.74. The van der Waals surface area contributed by atoms with Crippen LogP contribution in [-0.2, 0) is 6.54 Å². The number of pyridine rings is 1. The van der Waals surface area contributed by atoms with E-state index in [2.05, 4.69) is 15.4 Å². The highest BCUT2D eigenvalue weighted by Gasteiger charge is 2.14. The lowest BCUT2D eigenvalue weighted by molar-refractivity contribution is 0.102. The zero-order valence-corrected chi connectivity index (χ0v) is 16.6. The molecule has 1 N–H and O–H groups in total. The summed E-state index contributed by atoms with van der Waals surface area (Å²) >= 11 is 5.94. The topological polar surface area (TPSA) is 59.8 Å². The van der Waals surface area contributed by atoms with Gasteiger partial charge in [0, 0.05) is 16.7 Å². The Morgan fingerprint density at radius 3 is 2.48 bits per heavy atom. The monoisotopic (exact) mass is 402 g/mol. The molecular formula is C23H19ClN4O. The lowest BCUT2D eigenvalue weighted by atomic mass is 10.1. The van der Waals surface area contributed by atoms with E-state index in [1.54, 1.807) is 23.0 Å². The van der Waals surface area contributed by atoms with E-state index >= 15 is 0 Å². The number of rotatable bonds is 5. The molecule has 0 aliphatic carbocycles. The Morgan fingerprint density at radius 1 is 1.00 bits per heavy atom. The zero-order valence-electron chi connectivity index (χ0n) is 15.8. The molecule has 0 spiro atoms. The lowest BCUT2D eigenvalue weighted by Gasteiger charge is -2.11. The number of aryl methyl sites for hydroxylation is 1. The smallest absolute Gasteiger partial charge is 0.258 e. The summed E-state index contributed by atoms with van der Waals surface area (Å²) in [6.45, 7) is 2.37. The molecule has 0 bridgehead atoms. The Morgan fingerprint density at radius 2 is 1.76 bits per heavy atom. The summed E-state index contributed by atoms with van der Waals surface area (Å²) in [7, 11) is 0. The van der Waals surface area contributed by atoms with Gasteiger partial charge in [-0.1, -0.05) is 54.1 Å². The van der Waals surface area contributed by atoms with Gasteiger partial charge in [-0.2, -0.15) is 5.10 Å². The highest BCUT2D eigenvalue weighted by Crippen LogP contribution is 2.20. The summed E-state index contributed by atoms with van der Waals surface area (Å²) in [4.78, 5) is 17.4. The first-order valence-electron chi connectivity index (χ1n) is 9.21. The van der Waals surface area contributed by atoms with Gasteiger partial charge in [0.05, 0.1) is 29.7 Å². The van der Waals surface area contributed by atoms with E-state index in [9.17, 15) is 4.79 Å². The van der Waals surface area contributed by atoms with Gasteiger partial charge in [-0.3, -0.25) is 9.78 Å². The minimum absolute atomic E-state index is 0.215. The maximum atomic E-state index is 12.8. The number of benzene rings is 2. The normalized spacial score (nSPS) is 10.7. The van der Waals surface area contributed by atoms with Gasteiger partial charge >= 0.3 is 0 Å². The molecular weight excluding hydrogens is 384 g/mol. The third-order valence-corrected chi connectivity index (χ3v) is 4.86. The van der Waals surface area contributed by atoms with Gasteiger partial charge in [-0.15, -0.1) is 0 Å². The second kappa shape index (κ2) is 8.29. The Kier molecular flexibility index (Phi) is 5.40. The van der Waals surface area contributed by atoms with E-state index in [4.69, 9.17) is 11.6 Å². The fourth-order valence-corrected chi connectivity index (χ4v) is 3.21. The largest absolute Gasteiger partial charge is 0.307 e. The number of carbonyl (C=O) groups excluding carboxylic acids is 1. The SMILES string of the molecule is Cc1nc(-c2ccccc2)ccc1C(=O)Nc1ccnn1Cc1ccc(Cl)cc1. The molecule has 0 atom stereocenters. The maximum absolute atomic E-state index is 12.8. The Bertz CT molecular complexity index is 1140. The molecule has 1 amide bonds. The van der Waals surface area contributed by atoms with Crippen molar-refractivity contribution < 1.29 is 4.79 Å². The fraction of sp³-hybridized carbons (Fsp3) is 0.0870. The first kappa shape index (κ1) is 18.9. The molecule has 6 heteroatoms. The van der Waals surface area contributed by atoms with Gasteiger partial charge < -0.3 is 5.32 Å². The van der Waals surface area contributed by atoms with Crippen molar-refractivity contribution in [2.45, 2.75) is 13.5 Å². The highest BCUT2D eigenvalue weighted by molar-refractivity contribution is 6.30. The van der Waals surface area contributed by atoms with Crippen LogP contribution in [0.3, 0.4) is 0 Å². The Labute approximate surface area is 174 Å². The van der Waals surface area contributed by atoms with Crippen LogP contribution in [0.25, 0.3) is 11.3 Å². The standard InChI is InChI=1S/C23H19ClN4O/c1-16-20(11-12-21(26-16)18-5-3-2-4-6-18)23(29)27-22-13-14-25-28(22)15-17-7-9-19(24)10-8-17/h2-14H,15H2,1H3,(H,27,29). The summed E-state index contributed by atoms with van der Waals surface area (Å²) in [5.41, 5.74) is 4.10. The van der Waals surface area contributed by atoms with Crippen LogP contribution in [0.2, 0.25) is 5.02 Å². The van der Waals surface area contributed by atoms with Crippen molar-refractivity contribution in [3.63, 3.8) is 0 Å². The molecule has 2 aromatic carbocycles. The van der Waals surface area contributed by atoms with E-state index in [-0.39, 0.29) is 5.91 Å². The summed E-state index contributed by atoms with van der Waals surface area (Å²) in [5.74, 6) is 0.406. The summed E-state index contributed by atoms with van der Waals surface area (Å²) in [6, 6.07) is 22.9. The number of aromatic nitrogens is 3. The van der Waals surface area contributed by atoms with Crippen LogP contribution in [0.5, 0.6) is 0 Å². The Hall–Kier alpha value is -3.44. The van der Waals surface area contributed by atoms with E-state index in [1.807, 2.05) is 67.6 Å². The van der Waals surface area contributed by atoms with Crippen LogP contribution in [0.15, 0.2) is 79.0 Å². The van der Waals surface area contributed by atoms with Crippen molar-refractivity contribution >= 4 is 23.3 Å². The molecule has 0 radical (unpaired) electrons. The van der Waals surface area contributed by atoms with Crippen LogP contribution >= 0.6 is 11.6 Å². The molecule has 0 aliphatic heterocycles. The maximum Gasteiger partial charge on any atom is 0.258 e. The van der Waals surface area contributed by atoms with Gasteiger partial charge in [0.1, 0.15) is 5.82 Å². The summed E-state index contributed by atoms with van der Waals surface area (Å²) in [5, 5.41) is 7.93. The van der Waals surface area contributed by atoms with Crippen molar-refractivity contribution in [3.8, 4) is 11.3 Å². The van der Waals surface area contributed by atoms with Crippen molar-refractivity contribution in [2.24, 2.45) is 0 Å². The second-order valence-corrected chi connectivity index (χ2v) is 7.09. The zero-order chi connectivity index (χ0) is 20.2. The minimum Gasteiger partial charge on any atom is -0.307 e. The molecule has 4 rings (SSSR count). The van der Waals surface area contributed by atoms with E-state index < -0.39 is 0 Å². The first-order valence-corrected chi connectivity index (χ1v) is 9.58. The van der Waals surface area contributed by atoms with Crippen LogP contribution in [0, 0.1) is 6.92 Å². The molecule has 0 aliphatic rings. The number of nitrogens with one attached hydrogen (secondary N) is 1. The average Bonchev–Trinajstić information content (AvgIpc) is 3.16. The molecule has 4 aromatic rings. The van der Waals surface area contributed by atoms with Crippen molar-refractivity contribution in [2.75, 3.05) is 5.32 Å². The van der Waals surface area contributed by atoms with Crippen LogP contribution in [-0.4, -0.2) is 20.7 Å². The van der Waals surface area contributed by atoms with Crippen molar-refractivity contribution in [3.05, 3.63) is 101 Å². The highest BCUT2D eigenvalue weighted by atomic mass is 35.5. The molecule has 0 unspecified atom stereocenters. The first-order chi connectivity index (χ1) is 14.1. The Balaban J connectivity index is 1.52. The van der Waals surface area contributed by atoms with E-state index in [0.29, 0.717) is 28.6 Å². The fourth-order valence-electron chi connectivity index (χ4n) is 3.08. The number of amides is 1. The van der Waals surface area contributed by atoms with E-state index in [1.165, 1.54) is 0 Å². The van der Waals surface area contributed by atoms with Crippen LogP contribution < -0.4 is 5.32 Å². The van der Waals surface area contributed by atoms with Crippen molar-refractivity contribution in [1.29, 1.82) is 0 Å². The number of hydrogen-bond donors (Lipinski definition) is 1. The third kappa shape index (κ3) is 4.36. The number of halogens is 1. The molecule has 144 valence electrons. The molecule has 2 heterocycles. The predicted molar refractivity (Wildman–Crippen MR) is 115 cm³/mol. The molecule has 0 fully saturated rings. The quantitative estimate of drug-likeness (QED) is 0.498. The molecule has 2 aromatic heterocycles. The van der Waals surface area contributed by atoms with Gasteiger partial charge in [0.15, 0.2) is 0 Å². The number of anilines is 1. The van der Waals surface area contributed by atoms with Crippen molar-refractivity contribution in [1.82, 2.24) is 14.8 Å². The molecule has 0 saturated carbocycles. The summed E-state index contributed by atoms with van der Waals surface area (Å²) in [6.07, 6.45) is 1.66. The number of nitrogens with zero attached hydrogens (tertiary/aromatic N) is 3. The average molecular weight is 403 g/mol. The minimum atomic E-state index is -0.215. The van der Waals surface area contributed by atoms with Gasteiger partial charge in [-0.25, -0.2) is 4.68 Å². The van der Waals surface area contributed by atoms with Gasteiger partial charge in [0.2, 0.25) is 0 Å².